The second-order valence-corrected chi connectivity index (χ2v) is 5.98. The fraction of sp³-hybridized carbons (Fsp3) is 0.917. The van der Waals surface area contributed by atoms with Gasteiger partial charge in [0.05, 0.1) is 0 Å². The summed E-state index contributed by atoms with van der Waals surface area (Å²) in [6.07, 6.45) is 5.98. The lowest BCUT2D eigenvalue weighted by molar-refractivity contribution is -0.124. The molecule has 0 aromatic carbocycles. The van der Waals surface area contributed by atoms with E-state index in [0.29, 0.717) is 10.7 Å². The predicted molar refractivity (Wildman–Crippen MR) is 67.1 cm³/mol. The highest BCUT2D eigenvalue weighted by Crippen LogP contribution is 2.28. The molecule has 1 rings (SSSR count). The third-order valence-corrected chi connectivity index (χ3v) is 4.18. The van der Waals surface area contributed by atoms with Crippen molar-refractivity contribution in [2.75, 3.05) is 6.54 Å². The zero-order valence-corrected chi connectivity index (χ0v) is 11.3. The zero-order chi connectivity index (χ0) is 11.3. The smallest absolute Gasteiger partial charge is 0.222 e. The first kappa shape index (κ1) is 13.0. The number of carbonyl (C=O) groups excluding carboxylic acids is 1. The first-order chi connectivity index (χ1) is 7.13. The van der Waals surface area contributed by atoms with Crippen LogP contribution in [-0.2, 0) is 4.79 Å². The van der Waals surface area contributed by atoms with Crippen molar-refractivity contribution >= 4 is 21.8 Å². The highest BCUT2D eigenvalue weighted by Gasteiger charge is 2.20. The van der Waals surface area contributed by atoms with E-state index >= 15 is 0 Å². The Bertz CT molecular complexity index is 208. The molecule has 0 spiro atoms. The molecule has 3 atom stereocenters. The van der Waals surface area contributed by atoms with Crippen molar-refractivity contribution in [2.45, 2.75) is 50.8 Å². The number of alkyl halides is 1. The molecular weight excluding hydrogens is 254 g/mol. The van der Waals surface area contributed by atoms with Gasteiger partial charge in [-0.05, 0) is 31.6 Å². The Morgan fingerprint density at radius 1 is 1.53 bits per heavy atom. The quantitative estimate of drug-likeness (QED) is 0.785. The van der Waals surface area contributed by atoms with E-state index in [1.807, 2.05) is 6.92 Å². The van der Waals surface area contributed by atoms with Gasteiger partial charge in [-0.3, -0.25) is 4.79 Å². The summed E-state index contributed by atoms with van der Waals surface area (Å²) in [6.45, 7) is 4.91. The lowest BCUT2D eigenvalue weighted by atomic mass is 9.89. The summed E-state index contributed by atoms with van der Waals surface area (Å²) in [7, 11) is 0. The topological polar surface area (TPSA) is 29.1 Å². The Morgan fingerprint density at radius 2 is 2.27 bits per heavy atom. The van der Waals surface area contributed by atoms with Crippen LogP contribution in [0.25, 0.3) is 0 Å². The number of nitrogens with one attached hydrogen (secondary N) is 1. The van der Waals surface area contributed by atoms with Gasteiger partial charge in [0.15, 0.2) is 0 Å². The minimum atomic E-state index is 0.161. The Labute approximate surface area is 101 Å². The molecule has 0 aliphatic heterocycles. The molecule has 3 unspecified atom stereocenters. The normalized spacial score (nSPS) is 28.5. The van der Waals surface area contributed by atoms with E-state index in [1.165, 1.54) is 25.7 Å². The molecule has 1 amide bonds. The van der Waals surface area contributed by atoms with E-state index in [1.54, 1.807) is 0 Å². The summed E-state index contributed by atoms with van der Waals surface area (Å²) >= 11 is 3.67. The SMILES string of the molecule is CCC(C)C(=O)NCC1CCCC(Br)C1. The largest absolute Gasteiger partial charge is 0.356 e. The average Bonchev–Trinajstić information content (AvgIpc) is 2.25. The molecular formula is C12H22BrNO. The third-order valence-electron chi connectivity index (χ3n) is 3.34. The van der Waals surface area contributed by atoms with Crippen molar-refractivity contribution in [2.24, 2.45) is 11.8 Å². The third kappa shape index (κ3) is 4.54. The summed E-state index contributed by atoms with van der Waals surface area (Å²) in [5, 5.41) is 3.06. The second kappa shape index (κ2) is 6.51. The summed E-state index contributed by atoms with van der Waals surface area (Å²) in [4.78, 5) is 12.2. The minimum absolute atomic E-state index is 0.161. The van der Waals surface area contributed by atoms with Crippen LogP contribution in [0.3, 0.4) is 0 Å². The van der Waals surface area contributed by atoms with E-state index in [4.69, 9.17) is 0 Å². The van der Waals surface area contributed by atoms with Crippen LogP contribution in [0.15, 0.2) is 0 Å². The molecule has 1 aliphatic rings. The molecule has 0 aromatic heterocycles. The van der Waals surface area contributed by atoms with Gasteiger partial charge in [-0.15, -0.1) is 0 Å². The lowest BCUT2D eigenvalue weighted by Gasteiger charge is -2.26. The summed E-state index contributed by atoms with van der Waals surface area (Å²) < 4.78 is 0. The average molecular weight is 276 g/mol. The molecule has 1 aliphatic carbocycles. The molecule has 0 aromatic rings. The maximum Gasteiger partial charge on any atom is 0.222 e. The van der Waals surface area contributed by atoms with Crippen LogP contribution in [0.4, 0.5) is 0 Å². The van der Waals surface area contributed by atoms with Crippen molar-refractivity contribution < 1.29 is 4.79 Å². The monoisotopic (exact) mass is 275 g/mol. The zero-order valence-electron chi connectivity index (χ0n) is 9.76. The second-order valence-electron chi connectivity index (χ2n) is 4.68. The maximum absolute atomic E-state index is 11.6. The van der Waals surface area contributed by atoms with Crippen LogP contribution in [-0.4, -0.2) is 17.3 Å². The maximum atomic E-state index is 11.6. The van der Waals surface area contributed by atoms with Crippen LogP contribution >= 0.6 is 15.9 Å². The van der Waals surface area contributed by atoms with Crippen LogP contribution in [0, 0.1) is 11.8 Å². The molecule has 88 valence electrons. The number of halogens is 1. The van der Waals surface area contributed by atoms with E-state index < -0.39 is 0 Å². The van der Waals surface area contributed by atoms with Crippen molar-refractivity contribution in [3.8, 4) is 0 Å². The van der Waals surface area contributed by atoms with Crippen molar-refractivity contribution in [3.05, 3.63) is 0 Å². The van der Waals surface area contributed by atoms with Gasteiger partial charge < -0.3 is 5.32 Å². The standard InChI is InChI=1S/C12H22BrNO/c1-3-9(2)12(15)14-8-10-5-4-6-11(13)7-10/h9-11H,3-8H2,1-2H3,(H,14,15). The van der Waals surface area contributed by atoms with E-state index in [2.05, 4.69) is 28.2 Å². The number of rotatable bonds is 4. The fourth-order valence-electron chi connectivity index (χ4n) is 2.02. The van der Waals surface area contributed by atoms with Gasteiger partial charge in [0.2, 0.25) is 5.91 Å². The number of carbonyl (C=O) groups is 1. The molecule has 1 N–H and O–H groups in total. The molecule has 0 bridgehead atoms. The first-order valence-electron chi connectivity index (χ1n) is 6.05. The van der Waals surface area contributed by atoms with Crippen LogP contribution in [0.1, 0.15) is 46.0 Å². The molecule has 3 heteroatoms. The minimum Gasteiger partial charge on any atom is -0.356 e. The molecule has 2 nitrogen and oxygen atoms in total. The predicted octanol–water partition coefficient (Wildman–Crippen LogP) is 3.10. The molecule has 0 heterocycles. The Morgan fingerprint density at radius 3 is 2.87 bits per heavy atom. The summed E-state index contributed by atoms with van der Waals surface area (Å²) in [5.41, 5.74) is 0. The van der Waals surface area contributed by atoms with Crippen molar-refractivity contribution in [1.82, 2.24) is 5.32 Å². The Balaban J connectivity index is 2.21. The summed E-state index contributed by atoms with van der Waals surface area (Å²) in [5.74, 6) is 1.05. The first-order valence-corrected chi connectivity index (χ1v) is 6.96. The van der Waals surface area contributed by atoms with E-state index in [-0.39, 0.29) is 11.8 Å². The van der Waals surface area contributed by atoms with Gasteiger partial charge in [-0.1, -0.05) is 36.2 Å². The van der Waals surface area contributed by atoms with Crippen molar-refractivity contribution in [1.29, 1.82) is 0 Å². The highest BCUT2D eigenvalue weighted by molar-refractivity contribution is 9.09. The molecule has 1 fully saturated rings. The Kier molecular flexibility index (Phi) is 5.65. The van der Waals surface area contributed by atoms with Gasteiger partial charge in [0.1, 0.15) is 0 Å². The van der Waals surface area contributed by atoms with Gasteiger partial charge in [-0.25, -0.2) is 0 Å². The number of hydrogen-bond acceptors (Lipinski definition) is 1. The lowest BCUT2D eigenvalue weighted by Crippen LogP contribution is -2.34. The van der Waals surface area contributed by atoms with Crippen LogP contribution in [0.2, 0.25) is 0 Å². The highest BCUT2D eigenvalue weighted by atomic mass is 79.9. The molecule has 15 heavy (non-hydrogen) atoms. The Hall–Kier alpha value is -0.0500. The summed E-state index contributed by atoms with van der Waals surface area (Å²) in [6, 6.07) is 0. The number of hydrogen-bond donors (Lipinski definition) is 1. The van der Waals surface area contributed by atoms with Gasteiger partial charge in [0.25, 0.3) is 0 Å². The van der Waals surface area contributed by atoms with Gasteiger partial charge in [-0.2, -0.15) is 0 Å². The number of amides is 1. The van der Waals surface area contributed by atoms with Gasteiger partial charge >= 0.3 is 0 Å². The fourth-order valence-corrected chi connectivity index (χ4v) is 2.87. The van der Waals surface area contributed by atoms with Gasteiger partial charge in [0, 0.05) is 17.3 Å². The van der Waals surface area contributed by atoms with Crippen LogP contribution < -0.4 is 5.32 Å². The van der Waals surface area contributed by atoms with E-state index in [9.17, 15) is 4.79 Å². The van der Waals surface area contributed by atoms with Crippen LogP contribution in [0.5, 0.6) is 0 Å². The molecule has 0 saturated heterocycles. The van der Waals surface area contributed by atoms with E-state index in [0.717, 1.165) is 13.0 Å². The molecule has 0 radical (unpaired) electrons. The van der Waals surface area contributed by atoms with Crippen molar-refractivity contribution in [3.63, 3.8) is 0 Å². The molecule has 1 saturated carbocycles.